The molecule has 2 atom stereocenters. The lowest BCUT2D eigenvalue weighted by Gasteiger charge is -2.20. The Labute approximate surface area is 169 Å². The fourth-order valence-corrected chi connectivity index (χ4v) is 3.26. The van der Waals surface area contributed by atoms with E-state index in [1.807, 2.05) is 18.2 Å². The van der Waals surface area contributed by atoms with Gasteiger partial charge < -0.3 is 9.47 Å². The number of nitriles is 1. The average Bonchev–Trinajstić information content (AvgIpc) is 3.06. The van der Waals surface area contributed by atoms with Crippen molar-refractivity contribution in [1.29, 1.82) is 5.26 Å². The van der Waals surface area contributed by atoms with E-state index in [9.17, 15) is 14.9 Å². The molecule has 6 nitrogen and oxygen atoms in total. The van der Waals surface area contributed by atoms with Crippen molar-refractivity contribution in [3.05, 3.63) is 45.9 Å². The standard InChI is InChI=1S/C21H24N2O4S/c1-13-12-28-19(23-13)17(10-22)18(24)11-26-20(25)14(2)27-16-8-6-15(7-9-16)21(3,4)5/h6-9,12,14,17H,11H2,1-5H3/t14-,17+/m1/s1. The number of rotatable bonds is 7. The Hall–Kier alpha value is -2.72. The summed E-state index contributed by atoms with van der Waals surface area (Å²) in [7, 11) is 0. The summed E-state index contributed by atoms with van der Waals surface area (Å²) in [5, 5.41) is 11.4. The van der Waals surface area contributed by atoms with E-state index in [1.54, 1.807) is 31.4 Å². The fourth-order valence-electron chi connectivity index (χ4n) is 2.40. The summed E-state index contributed by atoms with van der Waals surface area (Å²) in [4.78, 5) is 28.5. The average molecular weight is 401 g/mol. The molecule has 0 saturated carbocycles. The van der Waals surface area contributed by atoms with E-state index >= 15 is 0 Å². The van der Waals surface area contributed by atoms with E-state index in [0.29, 0.717) is 10.8 Å². The molecule has 1 heterocycles. The van der Waals surface area contributed by atoms with Crippen LogP contribution in [0.5, 0.6) is 5.75 Å². The van der Waals surface area contributed by atoms with E-state index in [4.69, 9.17) is 9.47 Å². The van der Waals surface area contributed by atoms with Crippen LogP contribution in [0.4, 0.5) is 0 Å². The van der Waals surface area contributed by atoms with Crippen LogP contribution in [0, 0.1) is 18.3 Å². The highest BCUT2D eigenvalue weighted by Gasteiger charge is 2.26. The number of nitrogens with zero attached hydrogens (tertiary/aromatic N) is 2. The zero-order chi connectivity index (χ0) is 20.9. The molecule has 0 aliphatic rings. The largest absolute Gasteiger partial charge is 0.479 e. The molecule has 1 aromatic carbocycles. The van der Waals surface area contributed by atoms with Gasteiger partial charge in [0.25, 0.3) is 0 Å². The van der Waals surface area contributed by atoms with Gasteiger partial charge in [0.15, 0.2) is 24.4 Å². The maximum atomic E-state index is 12.2. The molecule has 2 rings (SSSR count). The number of ether oxygens (including phenoxy) is 2. The van der Waals surface area contributed by atoms with Crippen LogP contribution in [-0.2, 0) is 19.7 Å². The lowest BCUT2D eigenvalue weighted by Crippen LogP contribution is -2.29. The van der Waals surface area contributed by atoms with E-state index in [-0.39, 0.29) is 5.41 Å². The first kappa shape index (κ1) is 21.6. The first-order valence-corrected chi connectivity index (χ1v) is 9.78. The van der Waals surface area contributed by atoms with Gasteiger partial charge >= 0.3 is 5.97 Å². The Morgan fingerprint density at radius 1 is 1.25 bits per heavy atom. The first-order valence-electron chi connectivity index (χ1n) is 8.90. The molecule has 0 fully saturated rings. The van der Waals surface area contributed by atoms with E-state index in [1.165, 1.54) is 11.3 Å². The zero-order valence-electron chi connectivity index (χ0n) is 16.7. The van der Waals surface area contributed by atoms with Crippen LogP contribution in [0.15, 0.2) is 29.6 Å². The summed E-state index contributed by atoms with van der Waals surface area (Å²) in [5.41, 5.74) is 1.92. The number of benzene rings is 1. The number of Topliss-reactive ketones (excluding diaryl/α,β-unsaturated/α-hetero) is 1. The summed E-state index contributed by atoms with van der Waals surface area (Å²) in [6.07, 6.45) is -0.879. The number of hydrogen-bond acceptors (Lipinski definition) is 7. The number of carbonyl (C=O) groups excluding carboxylic acids is 2. The van der Waals surface area contributed by atoms with Crippen LogP contribution in [0.2, 0.25) is 0 Å². The molecule has 28 heavy (non-hydrogen) atoms. The molecule has 0 N–H and O–H groups in total. The van der Waals surface area contributed by atoms with Crippen molar-refractivity contribution in [3.63, 3.8) is 0 Å². The molecule has 0 unspecified atom stereocenters. The van der Waals surface area contributed by atoms with E-state index in [2.05, 4.69) is 25.8 Å². The summed E-state index contributed by atoms with van der Waals surface area (Å²) in [6, 6.07) is 9.41. The zero-order valence-corrected chi connectivity index (χ0v) is 17.5. The van der Waals surface area contributed by atoms with Crippen LogP contribution in [-0.4, -0.2) is 29.4 Å². The van der Waals surface area contributed by atoms with Gasteiger partial charge in [0, 0.05) is 11.1 Å². The van der Waals surface area contributed by atoms with Crippen LogP contribution in [0.1, 0.15) is 49.9 Å². The SMILES string of the molecule is Cc1csc([C@@H](C#N)C(=O)COC(=O)[C@@H](C)Oc2ccc(C(C)(C)C)cc2)n1. The van der Waals surface area contributed by atoms with Gasteiger partial charge in [-0.3, -0.25) is 4.79 Å². The number of hydrogen-bond donors (Lipinski definition) is 0. The maximum Gasteiger partial charge on any atom is 0.347 e. The third kappa shape index (κ3) is 5.64. The number of aromatic nitrogens is 1. The number of aryl methyl sites for hydroxylation is 1. The van der Waals surface area contributed by atoms with Crippen LogP contribution >= 0.6 is 11.3 Å². The minimum absolute atomic E-state index is 0.0245. The van der Waals surface area contributed by atoms with Crippen LogP contribution in [0.3, 0.4) is 0 Å². The van der Waals surface area contributed by atoms with Crippen molar-refractivity contribution >= 4 is 23.1 Å². The maximum absolute atomic E-state index is 12.2. The number of ketones is 1. The number of carbonyl (C=O) groups is 2. The molecule has 2 aromatic rings. The van der Waals surface area contributed by atoms with E-state index in [0.717, 1.165) is 11.3 Å². The van der Waals surface area contributed by atoms with Gasteiger partial charge in [-0.1, -0.05) is 32.9 Å². The molecule has 0 aliphatic heterocycles. The quantitative estimate of drug-likeness (QED) is 0.654. The number of esters is 1. The molecule has 7 heteroatoms. The molecular formula is C21H24N2O4S. The summed E-state index contributed by atoms with van der Waals surface area (Å²) < 4.78 is 10.6. The lowest BCUT2D eigenvalue weighted by atomic mass is 9.87. The predicted molar refractivity (Wildman–Crippen MR) is 106 cm³/mol. The highest BCUT2D eigenvalue weighted by atomic mass is 32.1. The molecule has 0 saturated heterocycles. The minimum atomic E-state index is -1.03. The second-order valence-electron chi connectivity index (χ2n) is 7.50. The van der Waals surface area contributed by atoms with Gasteiger partial charge in [-0.05, 0) is 37.0 Å². The molecule has 148 valence electrons. The smallest absolute Gasteiger partial charge is 0.347 e. The molecule has 0 amide bonds. The summed E-state index contributed by atoms with van der Waals surface area (Å²) >= 11 is 1.24. The molecule has 1 aromatic heterocycles. The second kappa shape index (κ2) is 8.98. The van der Waals surface area contributed by atoms with Gasteiger partial charge in [-0.2, -0.15) is 5.26 Å². The van der Waals surface area contributed by atoms with Gasteiger partial charge in [0.1, 0.15) is 10.8 Å². The Balaban J connectivity index is 1.90. The lowest BCUT2D eigenvalue weighted by molar-refractivity contribution is -0.154. The summed E-state index contributed by atoms with van der Waals surface area (Å²) in [5.74, 6) is -1.67. The molecule has 0 spiro atoms. The van der Waals surface area contributed by atoms with Crippen molar-refractivity contribution in [2.45, 2.75) is 52.1 Å². The summed E-state index contributed by atoms with van der Waals surface area (Å²) in [6.45, 7) is 9.18. The Bertz CT molecular complexity index is 875. The minimum Gasteiger partial charge on any atom is -0.479 e. The van der Waals surface area contributed by atoms with Crippen LogP contribution < -0.4 is 4.74 Å². The fraction of sp³-hybridized carbons (Fsp3) is 0.429. The van der Waals surface area contributed by atoms with Crippen molar-refractivity contribution < 1.29 is 19.1 Å². The second-order valence-corrected chi connectivity index (χ2v) is 8.39. The normalized spacial score (nSPS) is 13.3. The molecule has 0 aliphatic carbocycles. The van der Waals surface area contributed by atoms with E-state index < -0.39 is 30.4 Å². The van der Waals surface area contributed by atoms with Crippen molar-refractivity contribution in [2.24, 2.45) is 0 Å². The molecule has 0 radical (unpaired) electrons. The van der Waals surface area contributed by atoms with Crippen molar-refractivity contribution in [2.75, 3.05) is 6.61 Å². The van der Waals surface area contributed by atoms with Gasteiger partial charge in [-0.15, -0.1) is 11.3 Å². The Kier molecular flexibility index (Phi) is 6.92. The number of thiazole rings is 1. The predicted octanol–water partition coefficient (Wildman–Crippen LogP) is 3.94. The highest BCUT2D eigenvalue weighted by Crippen LogP contribution is 2.25. The van der Waals surface area contributed by atoms with Gasteiger partial charge in [-0.25, -0.2) is 9.78 Å². The topological polar surface area (TPSA) is 89.3 Å². The van der Waals surface area contributed by atoms with Crippen molar-refractivity contribution in [3.8, 4) is 11.8 Å². The monoisotopic (exact) mass is 400 g/mol. The third-order valence-electron chi connectivity index (χ3n) is 4.06. The van der Waals surface area contributed by atoms with Gasteiger partial charge in [0.2, 0.25) is 0 Å². The van der Waals surface area contributed by atoms with Crippen LogP contribution in [0.25, 0.3) is 0 Å². The molecular weight excluding hydrogens is 376 g/mol. The van der Waals surface area contributed by atoms with Crippen molar-refractivity contribution in [1.82, 2.24) is 4.98 Å². The third-order valence-corrected chi connectivity index (χ3v) is 5.08. The Morgan fingerprint density at radius 3 is 2.39 bits per heavy atom. The van der Waals surface area contributed by atoms with Gasteiger partial charge in [0.05, 0.1) is 6.07 Å². The first-order chi connectivity index (χ1) is 13.1. The molecule has 0 bridgehead atoms. The Morgan fingerprint density at radius 2 is 1.89 bits per heavy atom. The highest BCUT2D eigenvalue weighted by molar-refractivity contribution is 7.09.